The van der Waals surface area contributed by atoms with Gasteiger partial charge in [-0.25, -0.2) is 0 Å². The maximum Gasteiger partial charge on any atom is 0.254 e. The average molecular weight is 462 g/mol. The van der Waals surface area contributed by atoms with Gasteiger partial charge in [-0.1, -0.05) is 62.4 Å². The van der Waals surface area contributed by atoms with Crippen molar-refractivity contribution in [2.24, 2.45) is 5.92 Å². The second-order valence-electron chi connectivity index (χ2n) is 10.4. The first-order valence-electron chi connectivity index (χ1n) is 12.8. The molecule has 2 aliphatic heterocycles. The first-order chi connectivity index (χ1) is 16.4. The molecule has 1 atom stereocenters. The summed E-state index contributed by atoms with van der Waals surface area (Å²) < 4.78 is 0. The van der Waals surface area contributed by atoms with Crippen LogP contribution in [0.25, 0.3) is 0 Å². The fourth-order valence-corrected chi connectivity index (χ4v) is 5.44. The molecule has 4 rings (SSSR count). The molecule has 0 saturated carbocycles. The molecule has 2 saturated heterocycles. The summed E-state index contributed by atoms with van der Waals surface area (Å²) >= 11 is 0. The molecule has 5 heteroatoms. The predicted octanol–water partition coefficient (Wildman–Crippen LogP) is 4.75. The molecule has 0 aliphatic carbocycles. The molecule has 2 amide bonds. The van der Waals surface area contributed by atoms with Gasteiger partial charge >= 0.3 is 0 Å². The van der Waals surface area contributed by atoms with Crippen molar-refractivity contribution in [1.29, 1.82) is 0 Å². The van der Waals surface area contributed by atoms with Gasteiger partial charge in [0.2, 0.25) is 5.91 Å². The number of hydrogen-bond acceptors (Lipinski definition) is 3. The zero-order valence-corrected chi connectivity index (χ0v) is 21.0. The van der Waals surface area contributed by atoms with Crippen LogP contribution in [0, 0.1) is 12.8 Å². The molecule has 0 N–H and O–H groups in total. The van der Waals surface area contributed by atoms with Gasteiger partial charge in [0.25, 0.3) is 5.91 Å². The molecule has 34 heavy (non-hydrogen) atoms. The molecule has 0 unspecified atom stereocenters. The van der Waals surface area contributed by atoms with E-state index in [1.165, 1.54) is 5.56 Å². The van der Waals surface area contributed by atoms with E-state index in [4.69, 9.17) is 0 Å². The van der Waals surface area contributed by atoms with Crippen LogP contribution >= 0.6 is 0 Å². The molecule has 2 aromatic rings. The Balaban J connectivity index is 1.35. The maximum atomic E-state index is 13.2. The van der Waals surface area contributed by atoms with Crippen LogP contribution in [0.15, 0.2) is 54.6 Å². The van der Waals surface area contributed by atoms with Gasteiger partial charge in [0.1, 0.15) is 0 Å². The lowest BCUT2D eigenvalue weighted by Gasteiger charge is -2.37. The van der Waals surface area contributed by atoms with Crippen molar-refractivity contribution in [2.45, 2.75) is 65.1 Å². The second-order valence-corrected chi connectivity index (χ2v) is 10.4. The summed E-state index contributed by atoms with van der Waals surface area (Å²) in [6.07, 6.45) is 3.63. The van der Waals surface area contributed by atoms with Gasteiger partial charge in [-0.2, -0.15) is 0 Å². The average Bonchev–Trinajstić information content (AvgIpc) is 3.32. The van der Waals surface area contributed by atoms with Crippen LogP contribution in [0.2, 0.25) is 0 Å². The van der Waals surface area contributed by atoms with Crippen LogP contribution in [0.1, 0.15) is 61.0 Å². The summed E-state index contributed by atoms with van der Waals surface area (Å²) in [6, 6.07) is 19.0. The minimum Gasteiger partial charge on any atom is -0.339 e. The highest BCUT2D eigenvalue weighted by molar-refractivity contribution is 5.95. The predicted molar refractivity (Wildman–Crippen MR) is 137 cm³/mol. The van der Waals surface area contributed by atoms with Gasteiger partial charge in [0.15, 0.2) is 0 Å². The molecule has 182 valence electrons. The van der Waals surface area contributed by atoms with Gasteiger partial charge in [0, 0.05) is 56.8 Å². The Hall–Kier alpha value is -2.66. The molecule has 0 aromatic heterocycles. The molecule has 5 nitrogen and oxygen atoms in total. The molecule has 0 spiro atoms. The summed E-state index contributed by atoms with van der Waals surface area (Å²) in [4.78, 5) is 32.9. The van der Waals surface area contributed by atoms with Crippen LogP contribution in [0.5, 0.6) is 0 Å². The van der Waals surface area contributed by atoms with E-state index >= 15 is 0 Å². The number of carbonyl (C=O) groups is 2. The summed E-state index contributed by atoms with van der Waals surface area (Å²) in [5.41, 5.74) is 3.06. The van der Waals surface area contributed by atoms with Crippen molar-refractivity contribution in [3.63, 3.8) is 0 Å². The number of piperidine rings is 1. The zero-order valence-electron chi connectivity index (χ0n) is 21.0. The van der Waals surface area contributed by atoms with Gasteiger partial charge in [-0.05, 0) is 49.3 Å². The van der Waals surface area contributed by atoms with Crippen molar-refractivity contribution in [1.82, 2.24) is 14.7 Å². The lowest BCUT2D eigenvalue weighted by Crippen LogP contribution is -2.47. The van der Waals surface area contributed by atoms with E-state index in [1.807, 2.05) is 54.3 Å². The molecule has 2 heterocycles. The van der Waals surface area contributed by atoms with E-state index in [2.05, 4.69) is 35.8 Å². The van der Waals surface area contributed by atoms with Crippen LogP contribution in [-0.2, 0) is 11.3 Å². The van der Waals surface area contributed by atoms with Crippen molar-refractivity contribution >= 4 is 11.8 Å². The number of benzene rings is 2. The normalized spacial score (nSPS) is 19.5. The van der Waals surface area contributed by atoms with Crippen molar-refractivity contribution in [3.05, 3.63) is 71.3 Å². The van der Waals surface area contributed by atoms with Crippen molar-refractivity contribution < 1.29 is 9.59 Å². The summed E-state index contributed by atoms with van der Waals surface area (Å²) in [5.74, 6) is 0.784. The standard InChI is InChI=1S/C29H39N3O2/c1-22(2)19-28(33)32(20-24-10-5-4-6-11-24)26-15-18-31(21-26)25-13-16-30(17-14-25)29(34)27-12-8-7-9-23(27)3/h4-12,22,25-26H,13-21H2,1-3H3/t26-/m1/s1. The fourth-order valence-electron chi connectivity index (χ4n) is 5.44. The fraction of sp³-hybridized carbons (Fsp3) is 0.517. The molecule has 2 aromatic carbocycles. The quantitative estimate of drug-likeness (QED) is 0.598. The van der Waals surface area contributed by atoms with Gasteiger partial charge < -0.3 is 9.80 Å². The maximum absolute atomic E-state index is 13.2. The van der Waals surface area contributed by atoms with E-state index in [1.54, 1.807) is 0 Å². The molecule has 0 bridgehead atoms. The minimum absolute atomic E-state index is 0.157. The highest BCUT2D eigenvalue weighted by Gasteiger charge is 2.36. The Kier molecular flexibility index (Phi) is 8.04. The Labute approximate surface area is 204 Å². The summed E-state index contributed by atoms with van der Waals surface area (Å²) in [7, 11) is 0. The van der Waals surface area contributed by atoms with E-state index in [9.17, 15) is 9.59 Å². The summed E-state index contributed by atoms with van der Waals surface area (Å²) in [6.45, 7) is 10.5. The largest absolute Gasteiger partial charge is 0.339 e. The first-order valence-corrected chi connectivity index (χ1v) is 12.8. The Morgan fingerprint density at radius 2 is 1.62 bits per heavy atom. The number of rotatable bonds is 7. The van der Waals surface area contributed by atoms with Crippen LogP contribution in [0.3, 0.4) is 0 Å². The Morgan fingerprint density at radius 1 is 0.941 bits per heavy atom. The smallest absolute Gasteiger partial charge is 0.254 e. The van der Waals surface area contributed by atoms with Gasteiger partial charge in [-0.3, -0.25) is 14.5 Å². The van der Waals surface area contributed by atoms with Crippen LogP contribution in [0.4, 0.5) is 0 Å². The lowest BCUT2D eigenvalue weighted by molar-refractivity contribution is -0.134. The zero-order chi connectivity index (χ0) is 24.1. The third kappa shape index (κ3) is 5.87. The van der Waals surface area contributed by atoms with Gasteiger partial charge in [-0.15, -0.1) is 0 Å². The monoisotopic (exact) mass is 461 g/mol. The number of nitrogens with zero attached hydrogens (tertiary/aromatic N) is 3. The number of aryl methyl sites for hydroxylation is 1. The van der Waals surface area contributed by atoms with Crippen molar-refractivity contribution in [2.75, 3.05) is 26.2 Å². The third-order valence-electron chi connectivity index (χ3n) is 7.38. The number of likely N-dealkylation sites (tertiary alicyclic amines) is 2. The Bertz CT molecular complexity index is 966. The molecular weight excluding hydrogens is 422 g/mol. The minimum atomic E-state index is 0.157. The number of amides is 2. The van der Waals surface area contributed by atoms with E-state index < -0.39 is 0 Å². The third-order valence-corrected chi connectivity index (χ3v) is 7.38. The molecule has 2 aliphatic rings. The lowest BCUT2D eigenvalue weighted by atomic mass is 10.0. The van der Waals surface area contributed by atoms with E-state index in [-0.39, 0.29) is 17.9 Å². The number of carbonyl (C=O) groups excluding carboxylic acids is 2. The van der Waals surface area contributed by atoms with Crippen molar-refractivity contribution in [3.8, 4) is 0 Å². The second kappa shape index (κ2) is 11.2. The molecule has 0 radical (unpaired) electrons. The SMILES string of the molecule is Cc1ccccc1C(=O)N1CCC(N2CC[C@@H](N(Cc3ccccc3)C(=O)CC(C)C)C2)CC1. The topological polar surface area (TPSA) is 43.9 Å². The molecule has 2 fully saturated rings. The highest BCUT2D eigenvalue weighted by Crippen LogP contribution is 2.26. The molecular formula is C29H39N3O2. The van der Waals surface area contributed by atoms with Gasteiger partial charge in [0.05, 0.1) is 0 Å². The highest BCUT2D eigenvalue weighted by atomic mass is 16.2. The van der Waals surface area contributed by atoms with Crippen LogP contribution in [-0.4, -0.2) is 64.8 Å². The van der Waals surface area contributed by atoms with E-state index in [0.717, 1.165) is 56.6 Å². The number of hydrogen-bond donors (Lipinski definition) is 0. The summed E-state index contributed by atoms with van der Waals surface area (Å²) in [5, 5.41) is 0. The first kappa shape index (κ1) is 24.5. The van der Waals surface area contributed by atoms with Crippen LogP contribution < -0.4 is 0 Å². The Morgan fingerprint density at radius 3 is 2.29 bits per heavy atom. The van der Waals surface area contributed by atoms with E-state index in [0.29, 0.717) is 24.9 Å².